The minimum Gasteiger partial charge on any atom is -0.497 e. The Labute approximate surface area is 117 Å². The van der Waals surface area contributed by atoms with Crippen molar-refractivity contribution in [2.45, 2.75) is 19.4 Å². The van der Waals surface area contributed by atoms with Gasteiger partial charge in [-0.3, -0.25) is 0 Å². The van der Waals surface area contributed by atoms with E-state index in [2.05, 4.69) is 17.2 Å². The number of nitrogens with one attached hydrogen (secondary N) is 2. The van der Waals surface area contributed by atoms with Crippen molar-refractivity contribution < 1.29 is 19.4 Å². The highest BCUT2D eigenvalue weighted by Crippen LogP contribution is 2.22. The van der Waals surface area contributed by atoms with E-state index < -0.39 is 12.0 Å². The van der Waals surface area contributed by atoms with Gasteiger partial charge in [-0.25, -0.2) is 9.59 Å². The molecule has 1 rings (SSSR count). The Hall–Kier alpha value is -2.50. The smallest absolute Gasteiger partial charge is 0.337 e. The third kappa shape index (κ3) is 4.31. The minimum atomic E-state index is -1.12. The lowest BCUT2D eigenvalue weighted by Gasteiger charge is -2.14. The number of hydrogen-bond donors (Lipinski definition) is 3. The first-order valence-electron chi connectivity index (χ1n) is 6.07. The average Bonchev–Trinajstić information content (AvgIpc) is 2.38. The van der Waals surface area contributed by atoms with E-state index in [1.54, 1.807) is 6.08 Å². The lowest BCUT2D eigenvalue weighted by Crippen LogP contribution is -2.36. The summed E-state index contributed by atoms with van der Waals surface area (Å²) in [6, 6.07) is 3.79. The molecule has 0 aliphatic heterocycles. The summed E-state index contributed by atoms with van der Waals surface area (Å²) in [5.74, 6) is -0.661. The number of aromatic carboxylic acids is 1. The molecule has 0 saturated carbocycles. The molecule has 1 aromatic rings. The lowest BCUT2D eigenvalue weighted by atomic mass is 10.1. The second-order valence-electron chi connectivity index (χ2n) is 4.24. The molecule has 1 aromatic carbocycles. The first kappa shape index (κ1) is 15.6. The second kappa shape index (κ2) is 7.18. The topological polar surface area (TPSA) is 87.7 Å². The molecule has 0 aliphatic rings. The van der Waals surface area contributed by atoms with Gasteiger partial charge in [-0.05, 0) is 25.5 Å². The van der Waals surface area contributed by atoms with Gasteiger partial charge in [0, 0.05) is 12.1 Å². The van der Waals surface area contributed by atoms with Crippen molar-refractivity contribution in [3.05, 3.63) is 36.4 Å². The molecule has 0 spiro atoms. The number of hydrogen-bond acceptors (Lipinski definition) is 3. The maximum Gasteiger partial charge on any atom is 0.337 e. The van der Waals surface area contributed by atoms with Crippen LogP contribution in [0.5, 0.6) is 5.75 Å². The highest BCUT2D eigenvalue weighted by molar-refractivity contribution is 6.00. The summed E-state index contributed by atoms with van der Waals surface area (Å²) in [6.45, 7) is 5.41. The summed E-state index contributed by atoms with van der Waals surface area (Å²) < 4.78 is 5.01. The van der Waals surface area contributed by atoms with E-state index in [-0.39, 0.29) is 17.3 Å². The molecule has 0 heterocycles. The summed E-state index contributed by atoms with van der Waals surface area (Å²) in [5, 5.41) is 14.3. The molecule has 0 aromatic heterocycles. The molecule has 0 saturated heterocycles. The molecule has 108 valence electrons. The van der Waals surface area contributed by atoms with E-state index in [9.17, 15) is 9.59 Å². The number of anilines is 1. The Kier molecular flexibility index (Phi) is 5.58. The Morgan fingerprint density at radius 1 is 1.50 bits per heavy atom. The second-order valence-corrected chi connectivity index (χ2v) is 4.24. The van der Waals surface area contributed by atoms with Gasteiger partial charge in [0.1, 0.15) is 5.75 Å². The zero-order valence-electron chi connectivity index (χ0n) is 11.5. The fourth-order valence-corrected chi connectivity index (χ4v) is 1.63. The number of urea groups is 1. The standard InChI is InChI=1S/C14H18N2O4/c1-4-5-9(2)15-14(19)16-12-8-10(20-3)6-7-11(12)13(17)18/h4,6-9H,1,5H2,2-3H3,(H,17,18)(H2,15,16,19). The van der Waals surface area contributed by atoms with E-state index in [0.717, 1.165) is 0 Å². The van der Waals surface area contributed by atoms with E-state index in [1.807, 2.05) is 6.92 Å². The molecule has 20 heavy (non-hydrogen) atoms. The number of ether oxygens (including phenoxy) is 1. The van der Waals surface area contributed by atoms with Gasteiger partial charge in [-0.2, -0.15) is 0 Å². The Balaban J connectivity index is 2.86. The average molecular weight is 278 g/mol. The maximum atomic E-state index is 11.8. The van der Waals surface area contributed by atoms with Gasteiger partial charge >= 0.3 is 12.0 Å². The van der Waals surface area contributed by atoms with Gasteiger partial charge in [0.05, 0.1) is 18.4 Å². The number of methoxy groups -OCH3 is 1. The van der Waals surface area contributed by atoms with Crippen LogP contribution in [-0.4, -0.2) is 30.3 Å². The Morgan fingerprint density at radius 2 is 2.20 bits per heavy atom. The molecule has 0 bridgehead atoms. The number of rotatable bonds is 6. The Morgan fingerprint density at radius 3 is 2.75 bits per heavy atom. The first-order chi connectivity index (χ1) is 9.47. The van der Waals surface area contributed by atoms with Crippen LogP contribution in [0.2, 0.25) is 0 Å². The van der Waals surface area contributed by atoms with Crippen LogP contribution in [0.4, 0.5) is 10.5 Å². The lowest BCUT2D eigenvalue weighted by molar-refractivity contribution is 0.0698. The molecule has 0 fully saturated rings. The largest absolute Gasteiger partial charge is 0.497 e. The van der Waals surface area contributed by atoms with Gasteiger partial charge in [-0.15, -0.1) is 6.58 Å². The normalized spacial score (nSPS) is 11.3. The van der Waals surface area contributed by atoms with Crippen LogP contribution in [0.25, 0.3) is 0 Å². The molecule has 2 amide bonds. The highest BCUT2D eigenvalue weighted by atomic mass is 16.5. The monoisotopic (exact) mass is 278 g/mol. The molecule has 0 aliphatic carbocycles. The molecule has 1 atom stereocenters. The number of amides is 2. The fourth-order valence-electron chi connectivity index (χ4n) is 1.63. The van der Waals surface area contributed by atoms with E-state index >= 15 is 0 Å². The van der Waals surface area contributed by atoms with Gasteiger partial charge < -0.3 is 20.5 Å². The molecule has 3 N–H and O–H groups in total. The van der Waals surface area contributed by atoms with Gasteiger partial charge in [0.2, 0.25) is 0 Å². The van der Waals surface area contributed by atoms with E-state index in [0.29, 0.717) is 12.2 Å². The van der Waals surface area contributed by atoms with Crippen molar-refractivity contribution in [3.8, 4) is 5.75 Å². The van der Waals surface area contributed by atoms with Crippen LogP contribution < -0.4 is 15.4 Å². The summed E-state index contributed by atoms with van der Waals surface area (Å²) in [6.07, 6.45) is 2.32. The molecular weight excluding hydrogens is 260 g/mol. The number of carboxylic acid groups (broad SMARTS) is 1. The number of carbonyl (C=O) groups is 2. The van der Waals surface area contributed by atoms with Crippen molar-refractivity contribution in [3.63, 3.8) is 0 Å². The molecule has 0 radical (unpaired) electrons. The SMILES string of the molecule is C=CCC(C)NC(=O)Nc1cc(OC)ccc1C(=O)O. The van der Waals surface area contributed by atoms with Crippen LogP contribution in [0.1, 0.15) is 23.7 Å². The van der Waals surface area contributed by atoms with Crippen molar-refractivity contribution in [1.29, 1.82) is 0 Å². The predicted octanol–water partition coefficient (Wildman–Crippen LogP) is 2.48. The van der Waals surface area contributed by atoms with E-state index in [1.165, 1.54) is 25.3 Å². The highest BCUT2D eigenvalue weighted by Gasteiger charge is 2.14. The van der Waals surface area contributed by atoms with Gasteiger partial charge in [-0.1, -0.05) is 6.08 Å². The summed E-state index contributed by atoms with van der Waals surface area (Å²) in [5.41, 5.74) is 0.178. The quantitative estimate of drug-likeness (QED) is 0.697. The van der Waals surface area contributed by atoms with Crippen LogP contribution in [-0.2, 0) is 0 Å². The summed E-state index contributed by atoms with van der Waals surface area (Å²) in [7, 11) is 1.46. The number of benzene rings is 1. The predicted molar refractivity (Wildman–Crippen MR) is 76.4 cm³/mol. The van der Waals surface area contributed by atoms with E-state index in [4.69, 9.17) is 9.84 Å². The first-order valence-corrected chi connectivity index (χ1v) is 6.07. The maximum absolute atomic E-state index is 11.8. The molecule has 6 heteroatoms. The molecule has 1 unspecified atom stereocenters. The van der Waals surface area contributed by atoms with Crippen LogP contribution in [0.3, 0.4) is 0 Å². The zero-order chi connectivity index (χ0) is 15.1. The zero-order valence-corrected chi connectivity index (χ0v) is 11.5. The van der Waals surface area contributed by atoms with Gasteiger partial charge in [0.25, 0.3) is 0 Å². The van der Waals surface area contributed by atoms with Crippen molar-refractivity contribution in [2.24, 2.45) is 0 Å². The third-order valence-corrected chi connectivity index (χ3v) is 2.60. The Bertz CT molecular complexity index is 514. The fraction of sp³-hybridized carbons (Fsp3) is 0.286. The molecular formula is C14H18N2O4. The minimum absolute atomic E-state index is 0.00248. The number of carbonyl (C=O) groups excluding carboxylic acids is 1. The van der Waals surface area contributed by atoms with Crippen LogP contribution in [0.15, 0.2) is 30.9 Å². The van der Waals surface area contributed by atoms with Crippen LogP contribution >= 0.6 is 0 Å². The summed E-state index contributed by atoms with van der Waals surface area (Å²) >= 11 is 0. The van der Waals surface area contributed by atoms with Crippen LogP contribution in [0, 0.1) is 0 Å². The van der Waals surface area contributed by atoms with Crippen molar-refractivity contribution in [2.75, 3.05) is 12.4 Å². The van der Waals surface area contributed by atoms with Crippen molar-refractivity contribution >= 4 is 17.7 Å². The third-order valence-electron chi connectivity index (χ3n) is 2.60. The summed E-state index contributed by atoms with van der Waals surface area (Å²) in [4.78, 5) is 22.9. The molecule has 6 nitrogen and oxygen atoms in total. The van der Waals surface area contributed by atoms with Gasteiger partial charge in [0.15, 0.2) is 0 Å². The number of carboxylic acids is 1. The van der Waals surface area contributed by atoms with Crippen molar-refractivity contribution in [1.82, 2.24) is 5.32 Å².